The molecule has 0 aromatic rings. The van der Waals surface area contributed by atoms with Gasteiger partial charge in [-0.15, -0.1) is 10.2 Å². The van der Waals surface area contributed by atoms with Crippen LogP contribution in [0.4, 0.5) is 0 Å². The standard InChI is InChI=1S/C8H9ClN2O/c9-8(10-11-8)12-7-5-1-2-6(7)4-3-5/h1-2,5-7H,3-4H2/t5-,6+,7?. The molecule has 3 aliphatic rings. The van der Waals surface area contributed by atoms with Crippen molar-refractivity contribution in [2.45, 2.75) is 24.3 Å². The third-order valence-electron chi connectivity index (χ3n) is 2.83. The molecule has 0 aromatic heterocycles. The number of nitrogens with zero attached hydrogens (tertiary/aromatic N) is 2. The number of rotatable bonds is 2. The summed E-state index contributed by atoms with van der Waals surface area (Å²) in [5.41, 5.74) is 0. The summed E-state index contributed by atoms with van der Waals surface area (Å²) in [7, 11) is 0. The van der Waals surface area contributed by atoms with Gasteiger partial charge in [-0.25, -0.2) is 0 Å². The fourth-order valence-electron chi connectivity index (χ4n) is 2.16. The number of hydrogen-bond donors (Lipinski definition) is 0. The molecule has 1 saturated carbocycles. The summed E-state index contributed by atoms with van der Waals surface area (Å²) in [6, 6.07) is 0. The van der Waals surface area contributed by atoms with Gasteiger partial charge in [-0.2, -0.15) is 0 Å². The fourth-order valence-corrected chi connectivity index (χ4v) is 2.30. The van der Waals surface area contributed by atoms with Gasteiger partial charge in [0.25, 0.3) is 0 Å². The van der Waals surface area contributed by atoms with Gasteiger partial charge in [0.2, 0.25) is 0 Å². The van der Waals surface area contributed by atoms with Crippen molar-refractivity contribution in [1.82, 2.24) is 0 Å². The highest BCUT2D eigenvalue weighted by molar-refractivity contribution is 6.23. The third-order valence-corrected chi connectivity index (χ3v) is 3.07. The Morgan fingerprint density at radius 2 is 1.83 bits per heavy atom. The quantitative estimate of drug-likeness (QED) is 0.368. The van der Waals surface area contributed by atoms with E-state index in [-0.39, 0.29) is 6.10 Å². The Hall–Kier alpha value is -0.410. The van der Waals surface area contributed by atoms with Crippen molar-refractivity contribution < 1.29 is 4.74 Å². The molecule has 1 heterocycles. The molecule has 12 heavy (non-hydrogen) atoms. The molecule has 1 unspecified atom stereocenters. The van der Waals surface area contributed by atoms with Gasteiger partial charge in [-0.1, -0.05) is 12.2 Å². The lowest BCUT2D eigenvalue weighted by Crippen LogP contribution is -2.24. The van der Waals surface area contributed by atoms with Crippen LogP contribution in [0.3, 0.4) is 0 Å². The molecule has 3 atom stereocenters. The predicted octanol–water partition coefficient (Wildman–Crippen LogP) is 2.28. The normalized spacial score (nSPS) is 45.6. The maximum Gasteiger partial charge on any atom is 0.375 e. The van der Waals surface area contributed by atoms with Crippen LogP contribution in [0.5, 0.6) is 0 Å². The average Bonchev–Trinajstić information content (AvgIpc) is 2.54. The highest BCUT2D eigenvalue weighted by Gasteiger charge is 2.48. The number of ether oxygens (including phenoxy) is 1. The van der Waals surface area contributed by atoms with Crippen LogP contribution in [0.1, 0.15) is 12.8 Å². The Labute approximate surface area is 75.5 Å². The molecule has 0 aromatic carbocycles. The van der Waals surface area contributed by atoms with E-state index in [2.05, 4.69) is 22.4 Å². The van der Waals surface area contributed by atoms with Crippen LogP contribution in [0.15, 0.2) is 22.4 Å². The van der Waals surface area contributed by atoms with Gasteiger partial charge in [0.1, 0.15) is 0 Å². The minimum atomic E-state index is -1.00. The number of alkyl halides is 1. The lowest BCUT2D eigenvalue weighted by Gasteiger charge is -2.17. The van der Waals surface area contributed by atoms with E-state index in [4.69, 9.17) is 16.3 Å². The van der Waals surface area contributed by atoms with E-state index < -0.39 is 5.31 Å². The minimum Gasteiger partial charge on any atom is -0.316 e. The topological polar surface area (TPSA) is 34.0 Å². The molecule has 3 nitrogen and oxygen atoms in total. The summed E-state index contributed by atoms with van der Waals surface area (Å²) >= 11 is 5.80. The Morgan fingerprint density at radius 3 is 2.25 bits per heavy atom. The van der Waals surface area contributed by atoms with Gasteiger partial charge in [-0.3, -0.25) is 0 Å². The summed E-state index contributed by atoms with van der Waals surface area (Å²) < 4.78 is 5.57. The van der Waals surface area contributed by atoms with Gasteiger partial charge in [0, 0.05) is 11.8 Å². The lowest BCUT2D eigenvalue weighted by atomic mass is 10.1. The second-order valence-corrected chi connectivity index (χ2v) is 4.09. The molecular formula is C8H9ClN2O. The molecule has 1 aliphatic heterocycles. The Bertz CT molecular complexity index is 256. The van der Waals surface area contributed by atoms with E-state index in [0.717, 1.165) is 0 Å². The van der Waals surface area contributed by atoms with Crippen molar-refractivity contribution in [1.29, 1.82) is 0 Å². The van der Waals surface area contributed by atoms with Crippen molar-refractivity contribution in [2.75, 3.05) is 0 Å². The zero-order valence-electron chi connectivity index (χ0n) is 6.48. The van der Waals surface area contributed by atoms with Crippen LogP contribution in [0, 0.1) is 11.8 Å². The smallest absolute Gasteiger partial charge is 0.316 e. The maximum atomic E-state index is 5.80. The van der Waals surface area contributed by atoms with Crippen LogP contribution >= 0.6 is 11.6 Å². The predicted molar refractivity (Wildman–Crippen MR) is 43.7 cm³/mol. The van der Waals surface area contributed by atoms with E-state index >= 15 is 0 Å². The van der Waals surface area contributed by atoms with Gasteiger partial charge in [-0.05, 0) is 24.4 Å². The van der Waals surface area contributed by atoms with Crippen molar-refractivity contribution in [3.05, 3.63) is 12.2 Å². The van der Waals surface area contributed by atoms with Crippen molar-refractivity contribution >= 4 is 11.6 Å². The van der Waals surface area contributed by atoms with E-state index in [1.807, 2.05) is 0 Å². The molecule has 4 heteroatoms. The van der Waals surface area contributed by atoms with Gasteiger partial charge >= 0.3 is 5.31 Å². The van der Waals surface area contributed by atoms with Gasteiger partial charge < -0.3 is 4.74 Å². The highest BCUT2D eigenvalue weighted by Crippen LogP contribution is 2.46. The highest BCUT2D eigenvalue weighted by atomic mass is 35.5. The summed E-state index contributed by atoms with van der Waals surface area (Å²) in [4.78, 5) is 0. The molecule has 0 radical (unpaired) electrons. The lowest BCUT2D eigenvalue weighted by molar-refractivity contribution is -0.0143. The van der Waals surface area contributed by atoms with Crippen molar-refractivity contribution in [3.63, 3.8) is 0 Å². The largest absolute Gasteiger partial charge is 0.375 e. The monoisotopic (exact) mass is 184 g/mol. The van der Waals surface area contributed by atoms with E-state index in [9.17, 15) is 0 Å². The second kappa shape index (κ2) is 2.09. The third kappa shape index (κ3) is 0.930. The minimum absolute atomic E-state index is 0.234. The Morgan fingerprint density at radius 1 is 1.25 bits per heavy atom. The summed E-state index contributed by atoms with van der Waals surface area (Å²) in [6.45, 7) is 0. The first-order valence-corrected chi connectivity index (χ1v) is 4.64. The van der Waals surface area contributed by atoms with Gasteiger partial charge in [0.15, 0.2) is 0 Å². The van der Waals surface area contributed by atoms with Crippen LogP contribution in [0.2, 0.25) is 0 Å². The van der Waals surface area contributed by atoms with Crippen molar-refractivity contribution in [3.8, 4) is 0 Å². The molecule has 2 bridgehead atoms. The molecule has 0 saturated heterocycles. The van der Waals surface area contributed by atoms with Crippen LogP contribution < -0.4 is 0 Å². The number of fused-ring (bicyclic) bond motifs is 2. The molecule has 0 N–H and O–H groups in total. The first kappa shape index (κ1) is 7.04. The molecule has 0 amide bonds. The van der Waals surface area contributed by atoms with Crippen LogP contribution in [-0.2, 0) is 4.74 Å². The zero-order chi connectivity index (χ0) is 8.18. The first-order chi connectivity index (χ1) is 5.77. The first-order valence-electron chi connectivity index (χ1n) is 4.26. The van der Waals surface area contributed by atoms with Crippen LogP contribution in [0.25, 0.3) is 0 Å². The molecule has 1 fully saturated rings. The van der Waals surface area contributed by atoms with Crippen LogP contribution in [-0.4, -0.2) is 11.4 Å². The summed E-state index contributed by atoms with van der Waals surface area (Å²) in [5, 5.41) is 6.27. The maximum absolute atomic E-state index is 5.80. The molecule has 64 valence electrons. The SMILES string of the molecule is ClC1(OC2[C@@H]3C=C[C@H]2CC3)N=N1. The number of halogens is 1. The molecule has 3 rings (SSSR count). The van der Waals surface area contributed by atoms with E-state index in [1.54, 1.807) is 0 Å². The summed E-state index contributed by atoms with van der Waals surface area (Å²) in [5.74, 6) is 1.10. The average molecular weight is 185 g/mol. The number of hydrogen-bond acceptors (Lipinski definition) is 3. The molecular weight excluding hydrogens is 176 g/mol. The Kier molecular flexibility index (Phi) is 1.23. The van der Waals surface area contributed by atoms with Crippen molar-refractivity contribution in [2.24, 2.45) is 22.1 Å². The molecule has 0 spiro atoms. The van der Waals surface area contributed by atoms with Gasteiger partial charge in [0.05, 0.1) is 6.10 Å². The second-order valence-electron chi connectivity index (χ2n) is 3.60. The van der Waals surface area contributed by atoms with E-state index in [1.165, 1.54) is 12.8 Å². The Balaban J connectivity index is 1.71. The van der Waals surface area contributed by atoms with E-state index in [0.29, 0.717) is 11.8 Å². The summed E-state index contributed by atoms with van der Waals surface area (Å²) in [6.07, 6.45) is 7.12. The molecule has 2 aliphatic carbocycles. The fraction of sp³-hybridized carbons (Fsp3) is 0.750. The zero-order valence-corrected chi connectivity index (χ0v) is 7.24.